The van der Waals surface area contributed by atoms with Crippen LogP contribution in [0.25, 0.3) is 0 Å². The molecule has 1 aliphatic heterocycles. The van der Waals surface area contributed by atoms with Crippen LogP contribution in [0.4, 0.5) is 5.00 Å². The average Bonchev–Trinajstić information content (AvgIpc) is 3.05. The Hall–Kier alpha value is -2.54. The lowest BCUT2D eigenvalue weighted by atomic mass is 9.95. The highest BCUT2D eigenvalue weighted by Gasteiger charge is 2.31. The van der Waals surface area contributed by atoms with E-state index in [1.165, 1.54) is 11.3 Å². The van der Waals surface area contributed by atoms with Crippen LogP contribution in [0, 0.1) is 0 Å². The number of hydrogen-bond acceptors (Lipinski definition) is 6. The summed E-state index contributed by atoms with van der Waals surface area (Å²) in [4.78, 5) is 26.4. The summed E-state index contributed by atoms with van der Waals surface area (Å²) in [6, 6.07) is 7.25. The molecule has 0 spiro atoms. The first-order valence-electron chi connectivity index (χ1n) is 9.18. The summed E-state index contributed by atoms with van der Waals surface area (Å²) < 4.78 is 16.6. The third-order valence-electron chi connectivity index (χ3n) is 4.69. The van der Waals surface area contributed by atoms with Crippen LogP contribution in [-0.2, 0) is 22.4 Å². The van der Waals surface area contributed by atoms with Crippen molar-refractivity contribution in [2.24, 2.45) is 0 Å². The van der Waals surface area contributed by atoms with E-state index in [2.05, 4.69) is 5.32 Å². The average molecular weight is 387 g/mol. The standard InChI is InChI=1S/C20H21NO5S/c1-2-24-20(23)17-12-7-3-6-10-16(12)27-19(17)21-18(22)15-11-25-13-8-4-5-9-14(13)26-15/h4-5,8-9,15H,2-3,6-7,10-11H2,1H3,(H,21,22)/t15-/m1/s1. The van der Waals surface area contributed by atoms with Crippen LogP contribution < -0.4 is 14.8 Å². The third-order valence-corrected chi connectivity index (χ3v) is 5.90. The van der Waals surface area contributed by atoms with Gasteiger partial charge in [-0.2, -0.15) is 0 Å². The van der Waals surface area contributed by atoms with Gasteiger partial charge in [-0.15, -0.1) is 11.3 Å². The Morgan fingerprint density at radius 3 is 2.81 bits per heavy atom. The summed E-state index contributed by atoms with van der Waals surface area (Å²) in [5.41, 5.74) is 1.52. The highest BCUT2D eigenvalue weighted by molar-refractivity contribution is 7.17. The Labute approximate surface area is 161 Å². The van der Waals surface area contributed by atoms with Gasteiger partial charge >= 0.3 is 5.97 Å². The normalized spacial score (nSPS) is 17.7. The lowest BCUT2D eigenvalue weighted by Gasteiger charge is -2.25. The van der Waals surface area contributed by atoms with Gasteiger partial charge in [-0.05, 0) is 50.3 Å². The molecule has 1 aliphatic carbocycles. The molecule has 0 saturated heterocycles. The van der Waals surface area contributed by atoms with Gasteiger partial charge in [-0.1, -0.05) is 12.1 Å². The van der Waals surface area contributed by atoms with E-state index in [1.807, 2.05) is 12.1 Å². The summed E-state index contributed by atoms with van der Waals surface area (Å²) >= 11 is 1.46. The lowest BCUT2D eigenvalue weighted by Crippen LogP contribution is -2.40. The minimum Gasteiger partial charge on any atom is -0.485 e. The number of benzene rings is 1. The first kappa shape index (κ1) is 17.9. The molecule has 2 aromatic rings. The van der Waals surface area contributed by atoms with Gasteiger partial charge < -0.3 is 19.5 Å². The Morgan fingerprint density at radius 1 is 1.22 bits per heavy atom. The first-order chi connectivity index (χ1) is 13.2. The summed E-state index contributed by atoms with van der Waals surface area (Å²) in [5, 5.41) is 3.43. The van der Waals surface area contributed by atoms with Gasteiger partial charge in [0.1, 0.15) is 11.6 Å². The quantitative estimate of drug-likeness (QED) is 0.812. The predicted octanol–water partition coefficient (Wildman–Crippen LogP) is 3.58. The zero-order valence-electron chi connectivity index (χ0n) is 15.1. The fraction of sp³-hybridized carbons (Fsp3) is 0.400. The molecule has 1 amide bonds. The van der Waals surface area contributed by atoms with E-state index in [9.17, 15) is 9.59 Å². The molecule has 1 atom stereocenters. The molecule has 0 unspecified atom stereocenters. The lowest BCUT2D eigenvalue weighted by molar-refractivity contribution is -0.125. The molecule has 1 aromatic heterocycles. The van der Waals surface area contributed by atoms with Crippen molar-refractivity contribution in [1.29, 1.82) is 0 Å². The van der Waals surface area contributed by atoms with E-state index in [0.717, 1.165) is 36.1 Å². The van der Waals surface area contributed by atoms with Crippen molar-refractivity contribution in [3.63, 3.8) is 0 Å². The number of anilines is 1. The van der Waals surface area contributed by atoms with Crippen molar-refractivity contribution in [2.45, 2.75) is 38.7 Å². The fourth-order valence-corrected chi connectivity index (χ4v) is 4.69. The van der Waals surface area contributed by atoms with Crippen molar-refractivity contribution >= 4 is 28.2 Å². The molecule has 0 bridgehead atoms. The molecule has 142 valence electrons. The monoisotopic (exact) mass is 387 g/mol. The van der Waals surface area contributed by atoms with Crippen molar-refractivity contribution in [3.8, 4) is 11.5 Å². The van der Waals surface area contributed by atoms with Crippen molar-refractivity contribution in [1.82, 2.24) is 0 Å². The molecule has 0 fully saturated rings. The Kier molecular flexibility index (Phi) is 5.03. The molecule has 6 nitrogen and oxygen atoms in total. The SMILES string of the molecule is CCOC(=O)c1c(NC(=O)[C@H]2COc3ccccc3O2)sc2c1CCCC2. The molecule has 0 saturated carbocycles. The zero-order chi connectivity index (χ0) is 18.8. The third kappa shape index (κ3) is 3.51. The molecule has 2 heterocycles. The smallest absolute Gasteiger partial charge is 0.341 e. The van der Waals surface area contributed by atoms with Gasteiger partial charge in [0.15, 0.2) is 11.5 Å². The van der Waals surface area contributed by atoms with Gasteiger partial charge in [0.25, 0.3) is 5.91 Å². The molecule has 0 radical (unpaired) electrons. The topological polar surface area (TPSA) is 73.9 Å². The van der Waals surface area contributed by atoms with Crippen LogP contribution >= 0.6 is 11.3 Å². The number of rotatable bonds is 4. The summed E-state index contributed by atoms with van der Waals surface area (Å²) in [6.07, 6.45) is 3.14. The van der Waals surface area contributed by atoms with E-state index < -0.39 is 6.10 Å². The van der Waals surface area contributed by atoms with Gasteiger partial charge in [0.2, 0.25) is 6.10 Å². The number of ether oxygens (including phenoxy) is 3. The maximum Gasteiger partial charge on any atom is 0.341 e. The molecule has 1 N–H and O–H groups in total. The number of nitrogens with one attached hydrogen (secondary N) is 1. The number of fused-ring (bicyclic) bond motifs is 2. The van der Waals surface area contributed by atoms with Crippen LogP contribution in [-0.4, -0.2) is 31.2 Å². The predicted molar refractivity (Wildman–Crippen MR) is 102 cm³/mol. The Balaban J connectivity index is 1.56. The number of para-hydroxylation sites is 2. The first-order valence-corrected chi connectivity index (χ1v) is 10.00. The van der Waals surface area contributed by atoms with Crippen LogP contribution in [0.2, 0.25) is 0 Å². The van der Waals surface area contributed by atoms with Crippen LogP contribution in [0.15, 0.2) is 24.3 Å². The molecule has 1 aromatic carbocycles. The molecular weight excluding hydrogens is 366 g/mol. The van der Waals surface area contributed by atoms with Gasteiger partial charge in [-0.3, -0.25) is 4.79 Å². The zero-order valence-corrected chi connectivity index (χ0v) is 15.9. The fourth-order valence-electron chi connectivity index (χ4n) is 3.41. The van der Waals surface area contributed by atoms with E-state index in [0.29, 0.717) is 28.7 Å². The van der Waals surface area contributed by atoms with Crippen molar-refractivity contribution < 1.29 is 23.8 Å². The number of hydrogen-bond donors (Lipinski definition) is 1. The molecule has 2 aliphatic rings. The second-order valence-corrected chi connectivity index (χ2v) is 7.59. The van der Waals surface area contributed by atoms with Gasteiger partial charge in [0.05, 0.1) is 12.2 Å². The van der Waals surface area contributed by atoms with Crippen molar-refractivity contribution in [3.05, 3.63) is 40.3 Å². The highest BCUT2D eigenvalue weighted by atomic mass is 32.1. The second-order valence-electron chi connectivity index (χ2n) is 6.49. The molecule has 27 heavy (non-hydrogen) atoms. The van der Waals surface area contributed by atoms with E-state index >= 15 is 0 Å². The summed E-state index contributed by atoms with van der Waals surface area (Å²) in [7, 11) is 0. The maximum absolute atomic E-state index is 12.8. The minimum absolute atomic E-state index is 0.128. The van der Waals surface area contributed by atoms with Crippen LogP contribution in [0.3, 0.4) is 0 Å². The van der Waals surface area contributed by atoms with Gasteiger partial charge in [-0.25, -0.2) is 4.79 Å². The molecular formula is C20H21NO5S. The number of carbonyl (C=O) groups is 2. The van der Waals surface area contributed by atoms with Crippen LogP contribution in [0.1, 0.15) is 40.6 Å². The number of esters is 1. The summed E-state index contributed by atoms with van der Waals surface area (Å²) in [5.74, 6) is 0.465. The minimum atomic E-state index is -0.769. The maximum atomic E-state index is 12.8. The van der Waals surface area contributed by atoms with Crippen molar-refractivity contribution in [2.75, 3.05) is 18.5 Å². The van der Waals surface area contributed by atoms with Gasteiger partial charge in [0, 0.05) is 4.88 Å². The highest BCUT2D eigenvalue weighted by Crippen LogP contribution is 2.39. The number of thiophene rings is 1. The van der Waals surface area contributed by atoms with Crippen LogP contribution in [0.5, 0.6) is 11.5 Å². The summed E-state index contributed by atoms with van der Waals surface area (Å²) in [6.45, 7) is 2.20. The number of carbonyl (C=O) groups excluding carboxylic acids is 2. The Bertz CT molecular complexity index is 875. The largest absolute Gasteiger partial charge is 0.485 e. The van der Waals surface area contributed by atoms with E-state index in [1.54, 1.807) is 19.1 Å². The number of aryl methyl sites for hydroxylation is 1. The second kappa shape index (κ2) is 7.60. The van der Waals surface area contributed by atoms with E-state index in [-0.39, 0.29) is 18.5 Å². The number of amides is 1. The molecule has 7 heteroatoms. The Morgan fingerprint density at radius 2 is 2.00 bits per heavy atom. The van der Waals surface area contributed by atoms with E-state index in [4.69, 9.17) is 14.2 Å². The molecule has 4 rings (SSSR count).